The van der Waals surface area contributed by atoms with Crippen molar-refractivity contribution in [1.82, 2.24) is 4.98 Å². The van der Waals surface area contributed by atoms with Crippen molar-refractivity contribution in [3.05, 3.63) is 231 Å². The van der Waals surface area contributed by atoms with Gasteiger partial charge in [0, 0.05) is 42.8 Å². The van der Waals surface area contributed by atoms with Gasteiger partial charge in [0.25, 0.3) is 0 Å². The molecule has 0 spiro atoms. The normalized spacial score (nSPS) is 11.5. The summed E-state index contributed by atoms with van der Waals surface area (Å²) in [5, 5.41) is 4.88. The number of hydrogen-bond donors (Lipinski definition) is 0. The minimum absolute atomic E-state index is 0.648. The van der Waals surface area contributed by atoms with E-state index in [1.54, 1.807) is 11.3 Å². The number of fused-ring (bicyclic) bond motifs is 5. The molecule has 0 fully saturated rings. The lowest BCUT2D eigenvalue weighted by atomic mass is 9.90. The molecule has 3 nitrogen and oxygen atoms in total. The predicted octanol–water partition coefficient (Wildman–Crippen LogP) is 17.2. The van der Waals surface area contributed by atoms with Crippen LogP contribution >= 0.6 is 11.3 Å². The van der Waals surface area contributed by atoms with Crippen molar-refractivity contribution in [2.45, 2.75) is 0 Å². The number of hydrogen-bond acceptors (Lipinski definition) is 4. The summed E-state index contributed by atoms with van der Waals surface area (Å²) < 4.78 is 8.70. The van der Waals surface area contributed by atoms with Gasteiger partial charge in [-0.05, 0) is 122 Å². The zero-order valence-electron chi connectivity index (χ0n) is 34.2. The lowest BCUT2D eigenvalue weighted by Gasteiger charge is -2.27. The maximum absolute atomic E-state index is 6.26. The Bertz CT molecular complexity index is 3610. The Labute approximate surface area is 369 Å². The van der Waals surface area contributed by atoms with Gasteiger partial charge in [-0.1, -0.05) is 164 Å². The summed E-state index contributed by atoms with van der Waals surface area (Å²) in [6.45, 7) is 0. The number of benzene rings is 10. The van der Waals surface area contributed by atoms with E-state index in [1.807, 2.05) is 30.3 Å². The van der Waals surface area contributed by atoms with E-state index in [1.165, 1.54) is 69.9 Å². The molecule has 0 radical (unpaired) electrons. The molecule has 0 aliphatic carbocycles. The fourth-order valence-electron chi connectivity index (χ4n) is 9.01. The zero-order chi connectivity index (χ0) is 41.7. The van der Waals surface area contributed by atoms with E-state index in [4.69, 9.17) is 9.40 Å². The van der Waals surface area contributed by atoms with E-state index in [0.717, 1.165) is 39.3 Å². The molecule has 0 saturated carbocycles. The highest BCUT2D eigenvalue weighted by molar-refractivity contribution is 7.25. The van der Waals surface area contributed by atoms with Gasteiger partial charge >= 0.3 is 0 Å². The minimum atomic E-state index is 0.648. The second-order valence-electron chi connectivity index (χ2n) is 15.9. The summed E-state index contributed by atoms with van der Waals surface area (Å²) >= 11 is 1.80. The van der Waals surface area contributed by atoms with Crippen LogP contribution in [-0.4, -0.2) is 4.98 Å². The predicted molar refractivity (Wildman–Crippen MR) is 266 cm³/mol. The Hall–Kier alpha value is -8.05. The molecular weight excluding hydrogens is 785 g/mol. The molecule has 63 heavy (non-hydrogen) atoms. The zero-order valence-corrected chi connectivity index (χ0v) is 35.0. The van der Waals surface area contributed by atoms with Crippen LogP contribution < -0.4 is 4.90 Å². The molecule has 0 N–H and O–H groups in total. The van der Waals surface area contributed by atoms with Gasteiger partial charge in [-0.3, -0.25) is 0 Å². The third kappa shape index (κ3) is 6.74. The molecule has 2 aromatic heterocycles. The van der Waals surface area contributed by atoms with Crippen molar-refractivity contribution in [1.29, 1.82) is 0 Å². The summed E-state index contributed by atoms with van der Waals surface area (Å²) in [4.78, 5) is 7.23. The third-order valence-corrected chi connectivity index (χ3v) is 13.2. The van der Waals surface area contributed by atoms with E-state index in [2.05, 4.69) is 205 Å². The van der Waals surface area contributed by atoms with Gasteiger partial charge in [0.15, 0.2) is 5.58 Å². The quantitative estimate of drug-likeness (QED) is 0.153. The SMILES string of the molecule is c1ccc(-c2cccc(N(c3ccc(-c4ccc5c(c4)sc4cc6nc(-c7ccccc7)oc6cc45)cc3)c3ccc(-c4cccc5ccccc45)c(-c4ccccc4)c3)c2)cc1. The average molecular weight is 823 g/mol. The number of nitrogens with zero attached hydrogens (tertiary/aromatic N) is 2. The maximum atomic E-state index is 6.26. The van der Waals surface area contributed by atoms with Crippen LogP contribution in [0.1, 0.15) is 0 Å². The highest BCUT2D eigenvalue weighted by atomic mass is 32.1. The first-order valence-corrected chi connectivity index (χ1v) is 22.1. The first-order valence-electron chi connectivity index (χ1n) is 21.3. The summed E-state index contributed by atoms with van der Waals surface area (Å²) in [7, 11) is 0. The lowest BCUT2D eigenvalue weighted by molar-refractivity contribution is 0.620. The van der Waals surface area contributed by atoms with Crippen molar-refractivity contribution in [2.24, 2.45) is 0 Å². The van der Waals surface area contributed by atoms with Crippen LogP contribution in [0.15, 0.2) is 235 Å². The van der Waals surface area contributed by atoms with Crippen LogP contribution in [0.25, 0.3) is 98.0 Å². The Morgan fingerprint density at radius 3 is 1.76 bits per heavy atom. The van der Waals surface area contributed by atoms with E-state index in [0.29, 0.717) is 5.89 Å². The molecular formula is C59H38N2OS. The van der Waals surface area contributed by atoms with Crippen molar-refractivity contribution < 1.29 is 4.42 Å². The molecule has 0 bridgehead atoms. The molecule has 12 rings (SSSR count). The van der Waals surface area contributed by atoms with Gasteiger partial charge in [0.1, 0.15) is 5.52 Å². The van der Waals surface area contributed by atoms with Gasteiger partial charge in [-0.2, -0.15) is 0 Å². The summed E-state index contributed by atoms with van der Waals surface area (Å²) in [5.41, 5.74) is 15.4. The van der Waals surface area contributed by atoms with Crippen molar-refractivity contribution in [3.63, 3.8) is 0 Å². The van der Waals surface area contributed by atoms with E-state index < -0.39 is 0 Å². The highest BCUT2D eigenvalue weighted by Crippen LogP contribution is 2.44. The minimum Gasteiger partial charge on any atom is -0.436 e. The molecule has 10 aromatic carbocycles. The van der Waals surface area contributed by atoms with E-state index >= 15 is 0 Å². The van der Waals surface area contributed by atoms with Gasteiger partial charge in [-0.15, -0.1) is 11.3 Å². The molecule has 0 aliphatic heterocycles. The number of thiophene rings is 1. The van der Waals surface area contributed by atoms with Crippen LogP contribution in [0.5, 0.6) is 0 Å². The summed E-state index contributed by atoms with van der Waals surface area (Å²) in [6, 6.07) is 82.7. The number of rotatable bonds is 8. The molecule has 4 heteroatoms. The van der Waals surface area contributed by atoms with Crippen molar-refractivity contribution in [2.75, 3.05) is 4.90 Å². The molecule has 0 aliphatic rings. The monoisotopic (exact) mass is 822 g/mol. The smallest absolute Gasteiger partial charge is 0.227 e. The van der Waals surface area contributed by atoms with Gasteiger partial charge in [0.05, 0.1) is 0 Å². The molecule has 0 atom stereocenters. The second kappa shape index (κ2) is 15.4. The standard InChI is InChI=1S/C59H38N2OS/c1-4-14-39(15-5-1)44-22-12-23-47(34-44)61(48-31-33-51(53(36-48)42-16-6-2-7-17-42)50-25-13-21-41-18-10-11-24-49(41)50)46-29-26-40(27-30-46)45-28-32-52-54-37-56-55(38-58(54)63-57(52)35-45)60-59(62-56)43-19-8-3-9-20-43/h1-38H. The Kier molecular flexibility index (Phi) is 9.02. The van der Waals surface area contributed by atoms with E-state index in [9.17, 15) is 0 Å². The fraction of sp³-hybridized carbons (Fsp3) is 0. The molecule has 2 heterocycles. The van der Waals surface area contributed by atoms with E-state index in [-0.39, 0.29) is 0 Å². The number of aromatic nitrogens is 1. The highest BCUT2D eigenvalue weighted by Gasteiger charge is 2.19. The lowest BCUT2D eigenvalue weighted by Crippen LogP contribution is -2.10. The summed E-state index contributed by atoms with van der Waals surface area (Å²) in [5.74, 6) is 0.648. The second-order valence-corrected chi connectivity index (χ2v) is 17.0. The van der Waals surface area contributed by atoms with Crippen molar-refractivity contribution in [3.8, 4) is 56.0 Å². The van der Waals surface area contributed by atoms with Gasteiger partial charge in [0.2, 0.25) is 5.89 Å². The van der Waals surface area contributed by atoms with Gasteiger partial charge < -0.3 is 9.32 Å². The van der Waals surface area contributed by atoms with Crippen LogP contribution in [0.2, 0.25) is 0 Å². The Morgan fingerprint density at radius 1 is 0.349 bits per heavy atom. The topological polar surface area (TPSA) is 29.3 Å². The molecule has 0 saturated heterocycles. The molecule has 0 amide bonds. The Morgan fingerprint density at radius 2 is 0.952 bits per heavy atom. The first-order chi connectivity index (χ1) is 31.2. The average Bonchev–Trinajstić information content (AvgIpc) is 3.94. The van der Waals surface area contributed by atoms with Crippen molar-refractivity contribution >= 4 is 70.4 Å². The van der Waals surface area contributed by atoms with Gasteiger partial charge in [-0.25, -0.2) is 4.98 Å². The summed E-state index contributed by atoms with van der Waals surface area (Å²) in [6.07, 6.45) is 0. The number of oxazole rings is 1. The van der Waals surface area contributed by atoms with Crippen LogP contribution in [0, 0.1) is 0 Å². The molecule has 296 valence electrons. The largest absolute Gasteiger partial charge is 0.436 e. The van der Waals surface area contributed by atoms with Crippen LogP contribution in [-0.2, 0) is 0 Å². The molecule has 0 unspecified atom stereocenters. The first kappa shape index (κ1) is 36.8. The number of anilines is 3. The third-order valence-electron chi connectivity index (χ3n) is 12.1. The molecule has 12 aromatic rings. The van der Waals surface area contributed by atoms with Crippen LogP contribution in [0.4, 0.5) is 17.1 Å². The maximum Gasteiger partial charge on any atom is 0.227 e. The fourth-order valence-corrected chi connectivity index (χ4v) is 10.2. The Balaban J connectivity index is 0.954. The van der Waals surface area contributed by atoms with Crippen LogP contribution in [0.3, 0.4) is 0 Å².